The van der Waals surface area contributed by atoms with Crippen LogP contribution in [0.15, 0.2) is 72.8 Å². The molecule has 0 aliphatic carbocycles. The number of thioether (sulfide) groups is 1. The second-order valence-corrected chi connectivity index (χ2v) is 8.10. The fourth-order valence-corrected chi connectivity index (χ4v) is 4.56. The van der Waals surface area contributed by atoms with Gasteiger partial charge in [0.15, 0.2) is 0 Å². The molecule has 3 aromatic carbocycles. The van der Waals surface area contributed by atoms with E-state index in [2.05, 4.69) is 24.4 Å². The zero-order valence-corrected chi connectivity index (χ0v) is 17.3. The van der Waals surface area contributed by atoms with Crippen molar-refractivity contribution >= 4 is 35.0 Å². The molecular formula is C24H21FN2O2S. The van der Waals surface area contributed by atoms with Gasteiger partial charge in [-0.15, -0.1) is 11.8 Å². The summed E-state index contributed by atoms with van der Waals surface area (Å²) in [7, 11) is 0. The van der Waals surface area contributed by atoms with Crippen LogP contribution < -0.4 is 10.2 Å². The van der Waals surface area contributed by atoms with Gasteiger partial charge < -0.3 is 5.32 Å². The predicted molar refractivity (Wildman–Crippen MR) is 119 cm³/mol. The van der Waals surface area contributed by atoms with Gasteiger partial charge >= 0.3 is 0 Å². The largest absolute Gasteiger partial charge is 0.322 e. The van der Waals surface area contributed by atoms with Crippen LogP contribution in [0.3, 0.4) is 0 Å². The monoisotopic (exact) mass is 420 g/mol. The molecule has 0 radical (unpaired) electrons. The van der Waals surface area contributed by atoms with E-state index in [4.69, 9.17) is 0 Å². The molecule has 4 rings (SSSR count). The Bertz CT molecular complexity index is 1050. The van der Waals surface area contributed by atoms with E-state index in [9.17, 15) is 14.0 Å². The fourth-order valence-electron chi connectivity index (χ4n) is 3.38. The first kappa shape index (κ1) is 20.2. The molecule has 1 N–H and O–H groups in total. The minimum atomic E-state index is -0.381. The minimum Gasteiger partial charge on any atom is -0.322 e. The molecule has 1 unspecified atom stereocenters. The Labute approximate surface area is 179 Å². The third-order valence-corrected chi connectivity index (χ3v) is 6.26. The molecule has 152 valence electrons. The van der Waals surface area contributed by atoms with Crippen molar-refractivity contribution in [3.8, 4) is 0 Å². The summed E-state index contributed by atoms with van der Waals surface area (Å²) in [5.41, 5.74) is 4.14. The summed E-state index contributed by atoms with van der Waals surface area (Å²) in [5, 5.41) is 2.71. The maximum Gasteiger partial charge on any atom is 0.255 e. The third-order valence-electron chi connectivity index (χ3n) is 5.05. The lowest BCUT2D eigenvalue weighted by molar-refractivity contribution is -0.115. The van der Waals surface area contributed by atoms with Gasteiger partial charge in [0.1, 0.15) is 11.2 Å². The SMILES string of the molecule is CCc1ccc(N2C(=O)CSC2c2ccc(NC(=O)c3ccc(F)cc3)cc2)cc1. The number of halogens is 1. The Balaban J connectivity index is 1.50. The first-order chi connectivity index (χ1) is 14.5. The van der Waals surface area contributed by atoms with E-state index in [1.165, 1.54) is 29.8 Å². The Kier molecular flexibility index (Phi) is 5.86. The van der Waals surface area contributed by atoms with Crippen molar-refractivity contribution in [1.29, 1.82) is 0 Å². The first-order valence-electron chi connectivity index (χ1n) is 9.74. The van der Waals surface area contributed by atoms with Crippen molar-refractivity contribution in [3.63, 3.8) is 0 Å². The smallest absolute Gasteiger partial charge is 0.255 e. The second-order valence-electron chi connectivity index (χ2n) is 7.03. The molecule has 1 fully saturated rings. The van der Waals surface area contributed by atoms with Gasteiger partial charge in [0.2, 0.25) is 5.91 Å². The number of rotatable bonds is 5. The highest BCUT2D eigenvalue weighted by Crippen LogP contribution is 2.42. The van der Waals surface area contributed by atoms with Crippen LogP contribution in [-0.2, 0) is 11.2 Å². The third kappa shape index (κ3) is 4.24. The minimum absolute atomic E-state index is 0.0861. The number of aryl methyl sites for hydroxylation is 1. The summed E-state index contributed by atoms with van der Waals surface area (Å²) >= 11 is 1.59. The Hall–Kier alpha value is -3.12. The van der Waals surface area contributed by atoms with Gasteiger partial charge in [-0.2, -0.15) is 0 Å². The van der Waals surface area contributed by atoms with Crippen molar-refractivity contribution in [2.24, 2.45) is 0 Å². The maximum absolute atomic E-state index is 13.0. The van der Waals surface area contributed by atoms with E-state index in [-0.39, 0.29) is 23.0 Å². The van der Waals surface area contributed by atoms with Crippen LogP contribution in [0.25, 0.3) is 0 Å². The van der Waals surface area contributed by atoms with Crippen LogP contribution in [0.4, 0.5) is 15.8 Å². The zero-order valence-electron chi connectivity index (χ0n) is 16.5. The number of carbonyl (C=O) groups excluding carboxylic acids is 2. The Morgan fingerprint density at radius 3 is 2.33 bits per heavy atom. The number of carbonyl (C=O) groups is 2. The summed E-state index contributed by atoms with van der Waals surface area (Å²) in [6, 6.07) is 21.0. The quantitative estimate of drug-likeness (QED) is 0.600. The number of nitrogens with zero attached hydrogens (tertiary/aromatic N) is 1. The van der Waals surface area contributed by atoms with Crippen LogP contribution in [0.5, 0.6) is 0 Å². The molecule has 30 heavy (non-hydrogen) atoms. The van der Waals surface area contributed by atoms with Crippen molar-refractivity contribution in [2.45, 2.75) is 18.7 Å². The summed E-state index contributed by atoms with van der Waals surface area (Å²) in [6.45, 7) is 2.10. The van der Waals surface area contributed by atoms with Crippen LogP contribution in [0, 0.1) is 5.82 Å². The predicted octanol–water partition coefficient (Wildman–Crippen LogP) is 5.42. The average molecular weight is 421 g/mol. The van der Waals surface area contributed by atoms with Crippen molar-refractivity contribution < 1.29 is 14.0 Å². The lowest BCUT2D eigenvalue weighted by atomic mass is 10.1. The normalized spacial score (nSPS) is 16.0. The van der Waals surface area contributed by atoms with Gasteiger partial charge in [-0.1, -0.05) is 31.2 Å². The van der Waals surface area contributed by atoms with Crippen LogP contribution in [0.1, 0.15) is 33.8 Å². The van der Waals surface area contributed by atoms with E-state index in [0.29, 0.717) is 17.0 Å². The molecule has 1 aliphatic heterocycles. The standard InChI is InChI=1S/C24H21FN2O2S/c1-2-16-3-13-21(14-4-16)27-22(28)15-30-24(27)18-7-11-20(12-8-18)26-23(29)17-5-9-19(25)10-6-17/h3-14,24H,2,15H2,1H3,(H,26,29). The molecule has 1 saturated heterocycles. The van der Waals surface area contributed by atoms with Crippen LogP contribution in [0.2, 0.25) is 0 Å². The highest BCUT2D eigenvalue weighted by Gasteiger charge is 2.33. The maximum atomic E-state index is 13.0. The first-order valence-corrected chi connectivity index (χ1v) is 10.8. The van der Waals surface area contributed by atoms with E-state index in [1.54, 1.807) is 11.8 Å². The summed E-state index contributed by atoms with van der Waals surface area (Å²) < 4.78 is 13.0. The molecule has 1 aliphatic rings. The van der Waals surface area contributed by atoms with E-state index in [1.807, 2.05) is 41.3 Å². The Morgan fingerprint density at radius 1 is 1.03 bits per heavy atom. The lowest BCUT2D eigenvalue weighted by Crippen LogP contribution is -2.27. The number of hydrogen-bond acceptors (Lipinski definition) is 3. The van der Waals surface area contributed by atoms with E-state index >= 15 is 0 Å². The van der Waals surface area contributed by atoms with Crippen LogP contribution >= 0.6 is 11.8 Å². The highest BCUT2D eigenvalue weighted by molar-refractivity contribution is 8.00. The number of amides is 2. The highest BCUT2D eigenvalue weighted by atomic mass is 32.2. The van der Waals surface area contributed by atoms with Crippen molar-refractivity contribution in [3.05, 3.63) is 95.3 Å². The Morgan fingerprint density at radius 2 is 1.70 bits per heavy atom. The molecule has 2 amide bonds. The molecule has 0 bridgehead atoms. The molecule has 3 aromatic rings. The number of nitrogens with one attached hydrogen (secondary N) is 1. The van der Waals surface area contributed by atoms with E-state index in [0.717, 1.165) is 17.7 Å². The van der Waals surface area contributed by atoms with Gasteiger partial charge in [0.05, 0.1) is 5.75 Å². The second kappa shape index (κ2) is 8.71. The molecule has 1 atom stereocenters. The van der Waals surface area contributed by atoms with Gasteiger partial charge in [-0.3, -0.25) is 14.5 Å². The van der Waals surface area contributed by atoms with Gasteiger partial charge in [-0.25, -0.2) is 4.39 Å². The fraction of sp³-hybridized carbons (Fsp3) is 0.167. The van der Waals surface area contributed by atoms with E-state index < -0.39 is 0 Å². The lowest BCUT2D eigenvalue weighted by Gasteiger charge is -2.24. The van der Waals surface area contributed by atoms with Crippen molar-refractivity contribution in [1.82, 2.24) is 0 Å². The number of hydrogen-bond donors (Lipinski definition) is 1. The van der Waals surface area contributed by atoms with Gasteiger partial charge in [0, 0.05) is 16.9 Å². The molecule has 4 nitrogen and oxygen atoms in total. The average Bonchev–Trinajstić information content (AvgIpc) is 3.16. The molecule has 1 heterocycles. The van der Waals surface area contributed by atoms with Gasteiger partial charge in [0.25, 0.3) is 5.91 Å². The molecule has 0 spiro atoms. The molecule has 0 aromatic heterocycles. The topological polar surface area (TPSA) is 49.4 Å². The number of benzene rings is 3. The molecule has 0 saturated carbocycles. The van der Waals surface area contributed by atoms with Gasteiger partial charge in [-0.05, 0) is 66.1 Å². The zero-order chi connectivity index (χ0) is 21.1. The number of anilines is 2. The molecular weight excluding hydrogens is 399 g/mol. The van der Waals surface area contributed by atoms with Crippen LogP contribution in [-0.4, -0.2) is 17.6 Å². The summed E-state index contributed by atoms with van der Waals surface area (Å²) in [6.07, 6.45) is 0.956. The summed E-state index contributed by atoms with van der Waals surface area (Å²) in [4.78, 5) is 26.7. The summed E-state index contributed by atoms with van der Waals surface area (Å²) in [5.74, 6) is -0.161. The molecule has 6 heteroatoms. The van der Waals surface area contributed by atoms with Crippen molar-refractivity contribution in [2.75, 3.05) is 16.0 Å².